The molecule has 5 nitrogen and oxygen atoms in total. The highest BCUT2D eigenvalue weighted by atomic mass is 35.5. The van der Waals surface area contributed by atoms with Gasteiger partial charge in [-0.15, -0.1) is 0 Å². The maximum atomic E-state index is 12.4. The Labute approximate surface area is 165 Å². The van der Waals surface area contributed by atoms with Gasteiger partial charge < -0.3 is 10.1 Å². The molecule has 1 N–H and O–H groups in total. The Bertz CT molecular complexity index is 916. The topological polar surface area (TPSA) is 72.5 Å². The van der Waals surface area contributed by atoms with Crippen LogP contribution in [0.4, 0.5) is 0 Å². The Kier molecular flexibility index (Phi) is 6.54. The van der Waals surface area contributed by atoms with Crippen molar-refractivity contribution in [1.29, 1.82) is 0 Å². The zero-order valence-electron chi connectivity index (χ0n) is 16.0. The van der Waals surface area contributed by atoms with Crippen molar-refractivity contribution in [3.05, 3.63) is 58.1 Å². The van der Waals surface area contributed by atoms with E-state index in [2.05, 4.69) is 5.32 Å². The van der Waals surface area contributed by atoms with E-state index >= 15 is 0 Å². The Morgan fingerprint density at radius 3 is 2.07 bits per heavy atom. The van der Waals surface area contributed by atoms with E-state index in [-0.39, 0.29) is 16.8 Å². The van der Waals surface area contributed by atoms with Crippen LogP contribution in [0.25, 0.3) is 0 Å². The summed E-state index contributed by atoms with van der Waals surface area (Å²) < 4.78 is 28.8. The summed E-state index contributed by atoms with van der Waals surface area (Å²) in [5.74, 6) is 0.321. The van der Waals surface area contributed by atoms with Crippen molar-refractivity contribution in [2.75, 3.05) is 6.26 Å². The second-order valence-corrected chi connectivity index (χ2v) is 9.10. The predicted molar refractivity (Wildman–Crippen MR) is 107 cm³/mol. The molecular weight excluding hydrogens is 386 g/mol. The molecule has 0 radical (unpaired) electrons. The van der Waals surface area contributed by atoms with Gasteiger partial charge in [-0.05, 0) is 68.7 Å². The number of carbonyl (C=O) groups excluding carboxylic acids is 1. The lowest BCUT2D eigenvalue weighted by molar-refractivity contribution is -0.127. The number of hydrogen-bond donors (Lipinski definition) is 1. The number of sulfone groups is 1. The summed E-state index contributed by atoms with van der Waals surface area (Å²) in [5, 5.41) is 3.56. The van der Waals surface area contributed by atoms with Gasteiger partial charge in [0, 0.05) is 11.3 Å². The summed E-state index contributed by atoms with van der Waals surface area (Å²) in [6.07, 6.45) is 0.467. The lowest BCUT2D eigenvalue weighted by Gasteiger charge is -2.20. The van der Waals surface area contributed by atoms with Crippen molar-refractivity contribution in [3.8, 4) is 5.75 Å². The van der Waals surface area contributed by atoms with Gasteiger partial charge in [0.25, 0.3) is 5.91 Å². The number of halogens is 1. The molecule has 7 heteroatoms. The molecule has 0 aromatic heterocycles. The third-order valence-corrected chi connectivity index (χ3v) is 5.98. The van der Waals surface area contributed by atoms with Gasteiger partial charge in [0.2, 0.25) is 0 Å². The minimum absolute atomic E-state index is 0.245. The van der Waals surface area contributed by atoms with E-state index in [9.17, 15) is 13.2 Å². The zero-order valence-corrected chi connectivity index (χ0v) is 17.6. The van der Waals surface area contributed by atoms with Crippen LogP contribution in [0.3, 0.4) is 0 Å². The number of hydrogen-bond acceptors (Lipinski definition) is 4. The fraction of sp³-hybridized carbons (Fsp3) is 0.350. The number of benzene rings is 2. The fourth-order valence-electron chi connectivity index (χ4n) is 2.65. The monoisotopic (exact) mass is 409 g/mol. The van der Waals surface area contributed by atoms with Gasteiger partial charge in [0.05, 0.1) is 10.9 Å². The third kappa shape index (κ3) is 5.47. The van der Waals surface area contributed by atoms with Crippen LogP contribution in [-0.2, 0) is 14.6 Å². The molecule has 0 saturated heterocycles. The molecule has 2 atom stereocenters. The summed E-state index contributed by atoms with van der Waals surface area (Å²) in [4.78, 5) is 12.7. The Balaban J connectivity index is 2.03. The molecule has 2 aromatic rings. The van der Waals surface area contributed by atoms with Gasteiger partial charge >= 0.3 is 0 Å². The highest BCUT2D eigenvalue weighted by molar-refractivity contribution is 7.90. The first-order chi connectivity index (χ1) is 12.5. The highest BCUT2D eigenvalue weighted by Gasteiger charge is 2.19. The lowest BCUT2D eigenvalue weighted by atomic mass is 10.1. The smallest absolute Gasteiger partial charge is 0.261 e. The average molecular weight is 410 g/mol. The third-order valence-electron chi connectivity index (χ3n) is 4.26. The number of rotatable bonds is 6. The number of aryl methyl sites for hydroxylation is 2. The SMILES string of the molecule is Cc1cc(O[C@@H](C)C(=O)N[C@H](C)c2ccc(S(C)(=O)=O)cc2)cc(C)c1Cl. The first-order valence-electron chi connectivity index (χ1n) is 8.53. The van der Waals surface area contributed by atoms with Crippen molar-refractivity contribution in [3.63, 3.8) is 0 Å². The van der Waals surface area contributed by atoms with E-state index < -0.39 is 15.9 Å². The second kappa shape index (κ2) is 8.31. The predicted octanol–water partition coefficient (Wildman–Crippen LogP) is 4.01. The summed E-state index contributed by atoms with van der Waals surface area (Å²) in [7, 11) is -3.24. The molecule has 2 rings (SSSR count). The number of carbonyl (C=O) groups is 1. The van der Waals surface area contributed by atoms with Gasteiger partial charge in [-0.3, -0.25) is 4.79 Å². The molecule has 2 aromatic carbocycles. The number of nitrogens with one attached hydrogen (secondary N) is 1. The quantitative estimate of drug-likeness (QED) is 0.782. The first kappa shape index (κ1) is 21.3. The molecule has 1 amide bonds. The van der Waals surface area contributed by atoms with Crippen molar-refractivity contribution in [2.24, 2.45) is 0 Å². The van der Waals surface area contributed by atoms with Crippen LogP contribution in [0.2, 0.25) is 5.02 Å². The Morgan fingerprint density at radius 1 is 1.07 bits per heavy atom. The lowest BCUT2D eigenvalue weighted by Crippen LogP contribution is -2.37. The first-order valence-corrected chi connectivity index (χ1v) is 10.8. The van der Waals surface area contributed by atoms with E-state index in [1.807, 2.05) is 20.8 Å². The van der Waals surface area contributed by atoms with Crippen molar-refractivity contribution >= 4 is 27.3 Å². The van der Waals surface area contributed by atoms with Crippen LogP contribution in [0, 0.1) is 13.8 Å². The van der Waals surface area contributed by atoms with Gasteiger partial charge in [-0.25, -0.2) is 8.42 Å². The maximum absolute atomic E-state index is 12.4. The van der Waals surface area contributed by atoms with Gasteiger partial charge in [0.15, 0.2) is 15.9 Å². The van der Waals surface area contributed by atoms with E-state index in [1.54, 1.807) is 31.2 Å². The van der Waals surface area contributed by atoms with Gasteiger partial charge in [0.1, 0.15) is 5.75 Å². The van der Waals surface area contributed by atoms with E-state index in [0.717, 1.165) is 22.9 Å². The standard InChI is InChI=1S/C20H24ClNO4S/c1-12-10-17(11-13(2)19(12)21)26-15(4)20(23)22-14(3)16-6-8-18(9-7-16)27(5,24)25/h6-11,14-15H,1-5H3,(H,22,23)/t14-,15+/m1/s1. The largest absolute Gasteiger partial charge is 0.481 e. The Hall–Kier alpha value is -2.05. The van der Waals surface area contributed by atoms with Crippen LogP contribution in [0.5, 0.6) is 5.75 Å². The summed E-state index contributed by atoms with van der Waals surface area (Å²) in [5.41, 5.74) is 2.58. The second-order valence-electron chi connectivity index (χ2n) is 6.70. The normalized spacial score (nSPS) is 13.7. The maximum Gasteiger partial charge on any atom is 0.261 e. The van der Waals surface area contributed by atoms with Gasteiger partial charge in [-0.2, -0.15) is 0 Å². The van der Waals surface area contributed by atoms with Crippen LogP contribution < -0.4 is 10.1 Å². The summed E-state index contributed by atoms with van der Waals surface area (Å²) in [6.45, 7) is 7.27. The minimum atomic E-state index is -3.24. The van der Waals surface area contributed by atoms with Crippen LogP contribution >= 0.6 is 11.6 Å². The molecule has 0 saturated carbocycles. The van der Waals surface area contributed by atoms with Crippen LogP contribution in [0.1, 0.15) is 36.6 Å². The van der Waals surface area contributed by atoms with Crippen molar-refractivity contribution < 1.29 is 17.9 Å². The molecule has 0 bridgehead atoms. The number of amides is 1. The molecule has 0 spiro atoms. The molecular formula is C20H24ClNO4S. The van der Waals surface area contributed by atoms with E-state index in [0.29, 0.717) is 10.8 Å². The minimum Gasteiger partial charge on any atom is -0.481 e. The molecule has 146 valence electrons. The molecule has 0 aliphatic heterocycles. The summed E-state index contributed by atoms with van der Waals surface area (Å²) >= 11 is 6.15. The molecule has 0 fully saturated rings. The molecule has 27 heavy (non-hydrogen) atoms. The summed E-state index contributed by atoms with van der Waals surface area (Å²) in [6, 6.07) is 9.76. The number of ether oxygens (including phenoxy) is 1. The van der Waals surface area contributed by atoms with Crippen molar-refractivity contribution in [2.45, 2.75) is 44.7 Å². The van der Waals surface area contributed by atoms with Crippen molar-refractivity contribution in [1.82, 2.24) is 5.32 Å². The van der Waals surface area contributed by atoms with Crippen LogP contribution in [-0.4, -0.2) is 26.7 Å². The average Bonchev–Trinajstić information content (AvgIpc) is 2.58. The fourth-order valence-corrected chi connectivity index (χ4v) is 3.39. The molecule has 0 aliphatic carbocycles. The van der Waals surface area contributed by atoms with Gasteiger partial charge in [-0.1, -0.05) is 23.7 Å². The zero-order chi connectivity index (χ0) is 20.4. The van der Waals surface area contributed by atoms with E-state index in [4.69, 9.17) is 16.3 Å². The Morgan fingerprint density at radius 2 is 1.59 bits per heavy atom. The molecule has 0 aliphatic rings. The molecule has 0 unspecified atom stereocenters. The van der Waals surface area contributed by atoms with E-state index in [1.165, 1.54) is 12.1 Å². The highest BCUT2D eigenvalue weighted by Crippen LogP contribution is 2.26. The molecule has 0 heterocycles. The van der Waals surface area contributed by atoms with Crippen LogP contribution in [0.15, 0.2) is 41.3 Å².